The number of aromatic nitrogens is 4. The molecule has 0 radical (unpaired) electrons. The number of benzene rings is 1. The third-order valence-corrected chi connectivity index (χ3v) is 9.89. The molecule has 0 bridgehead atoms. The quantitative estimate of drug-likeness (QED) is 0.381. The Balaban J connectivity index is 1.27. The van der Waals surface area contributed by atoms with Crippen LogP contribution in [0.15, 0.2) is 30.6 Å². The van der Waals surface area contributed by atoms with Gasteiger partial charge in [0.05, 0.1) is 30.7 Å². The van der Waals surface area contributed by atoms with Gasteiger partial charge in [-0.2, -0.15) is 13.2 Å². The third-order valence-electron chi connectivity index (χ3n) is 9.89. The number of aryl methyl sites for hydroxylation is 1. The molecule has 1 saturated heterocycles. The molecule has 2 aromatic heterocycles. The van der Waals surface area contributed by atoms with Gasteiger partial charge in [-0.3, -0.25) is 9.69 Å². The molecule has 4 heterocycles. The van der Waals surface area contributed by atoms with Crippen LogP contribution >= 0.6 is 0 Å². The van der Waals surface area contributed by atoms with Crippen LogP contribution in [0.4, 0.5) is 24.8 Å². The second-order valence-electron chi connectivity index (χ2n) is 13.1. The summed E-state index contributed by atoms with van der Waals surface area (Å²) in [6.45, 7) is 6.05. The summed E-state index contributed by atoms with van der Waals surface area (Å²) in [6, 6.07) is 6.62. The number of halogens is 3. The predicted octanol–water partition coefficient (Wildman–Crippen LogP) is 4.95. The summed E-state index contributed by atoms with van der Waals surface area (Å²) in [5, 5.41) is 15.3. The molecule has 9 nitrogen and oxygen atoms in total. The van der Waals surface area contributed by atoms with Crippen molar-refractivity contribution in [2.24, 2.45) is 12.5 Å². The van der Waals surface area contributed by atoms with Crippen molar-refractivity contribution >= 4 is 17.5 Å². The molecule has 7 rings (SSSR count). The maximum atomic E-state index is 14.4. The topological polar surface area (TPSA) is 97.2 Å². The van der Waals surface area contributed by atoms with Crippen LogP contribution in [0.3, 0.4) is 0 Å². The largest absolute Gasteiger partial charge is 0.416 e. The van der Waals surface area contributed by atoms with E-state index in [2.05, 4.69) is 27.8 Å². The van der Waals surface area contributed by atoms with Crippen LogP contribution in [0.2, 0.25) is 0 Å². The smallest absolute Gasteiger partial charge is 0.380 e. The van der Waals surface area contributed by atoms with Gasteiger partial charge in [0.1, 0.15) is 23.8 Å². The molecular formula is C31H36F3N7O2. The first-order valence-corrected chi connectivity index (χ1v) is 14.9. The second kappa shape index (κ2) is 9.75. The molecule has 2 saturated carbocycles. The highest BCUT2D eigenvalue weighted by Gasteiger charge is 2.62. The highest BCUT2D eigenvalue weighted by molar-refractivity contribution is 6.10. The molecule has 2 N–H and O–H groups in total. The highest BCUT2D eigenvalue weighted by atomic mass is 19.4. The fourth-order valence-electron chi connectivity index (χ4n) is 7.44. The Bertz CT molecular complexity index is 1580. The van der Waals surface area contributed by atoms with Gasteiger partial charge >= 0.3 is 6.18 Å². The van der Waals surface area contributed by atoms with Gasteiger partial charge in [-0.25, -0.2) is 4.98 Å². The number of hydrogen-bond acceptors (Lipinski definition) is 7. The Morgan fingerprint density at radius 2 is 1.88 bits per heavy atom. The highest BCUT2D eigenvalue weighted by Crippen LogP contribution is 2.62. The van der Waals surface area contributed by atoms with Crippen molar-refractivity contribution in [1.82, 2.24) is 25.1 Å². The number of anilines is 2. The standard InChI is InChI=1S/C31H36F3N7O2/c1-4-35-24-10-20(30(27-39-37-18-40(27)3)14-29(15-30)16-43-17-29)11-25(38-24)41-13-22-21(26(41)42)8-19(9-23(22)31(32,33)34)12-36-28(2)6-5-7-28/h8-11,18,36H,4-7,12-17H2,1-3H3,(H,35,38). The van der Waals surface area contributed by atoms with Crippen LogP contribution in [0.1, 0.15) is 84.4 Å². The van der Waals surface area contributed by atoms with Crippen molar-refractivity contribution in [2.45, 2.75) is 76.2 Å². The minimum Gasteiger partial charge on any atom is -0.380 e. The van der Waals surface area contributed by atoms with E-state index in [1.807, 2.05) is 30.7 Å². The molecule has 2 aliphatic heterocycles. The first-order chi connectivity index (χ1) is 20.4. The van der Waals surface area contributed by atoms with E-state index in [0.717, 1.165) is 43.5 Å². The number of nitrogens with zero attached hydrogens (tertiary/aromatic N) is 5. The number of alkyl halides is 3. The molecular weight excluding hydrogens is 559 g/mol. The van der Waals surface area contributed by atoms with Crippen molar-refractivity contribution in [2.75, 3.05) is 30.0 Å². The summed E-state index contributed by atoms with van der Waals surface area (Å²) in [7, 11) is 1.91. The van der Waals surface area contributed by atoms with E-state index >= 15 is 0 Å². The van der Waals surface area contributed by atoms with E-state index in [1.54, 1.807) is 12.4 Å². The fraction of sp³-hybridized carbons (Fsp3) is 0.548. The summed E-state index contributed by atoms with van der Waals surface area (Å²) in [4.78, 5) is 20.0. The number of hydrogen-bond donors (Lipinski definition) is 2. The van der Waals surface area contributed by atoms with Gasteiger partial charge in [0, 0.05) is 36.7 Å². The molecule has 3 aromatic rings. The molecule has 1 amide bonds. The summed E-state index contributed by atoms with van der Waals surface area (Å²) >= 11 is 0. The van der Waals surface area contributed by atoms with Crippen LogP contribution in [0, 0.1) is 5.41 Å². The van der Waals surface area contributed by atoms with Crippen LogP contribution in [-0.4, -0.2) is 51.0 Å². The van der Waals surface area contributed by atoms with Gasteiger partial charge in [-0.15, -0.1) is 10.2 Å². The minimum atomic E-state index is -4.60. The lowest BCUT2D eigenvalue weighted by Crippen LogP contribution is -2.60. The molecule has 0 unspecified atom stereocenters. The number of fused-ring (bicyclic) bond motifs is 1. The zero-order valence-corrected chi connectivity index (χ0v) is 24.6. The van der Waals surface area contributed by atoms with Gasteiger partial charge in [-0.1, -0.05) is 0 Å². The maximum Gasteiger partial charge on any atom is 0.416 e. The Kier molecular flexibility index (Phi) is 6.41. The Hall–Kier alpha value is -3.51. The molecule has 3 fully saturated rings. The lowest BCUT2D eigenvalue weighted by molar-refractivity contribution is -0.182. The van der Waals surface area contributed by atoms with Crippen molar-refractivity contribution in [3.8, 4) is 0 Å². The van der Waals surface area contributed by atoms with Gasteiger partial charge in [-0.05, 0) is 86.9 Å². The zero-order valence-electron chi connectivity index (χ0n) is 24.6. The zero-order chi connectivity index (χ0) is 30.2. The third kappa shape index (κ3) is 4.61. The second-order valence-corrected chi connectivity index (χ2v) is 13.1. The summed E-state index contributed by atoms with van der Waals surface area (Å²) in [5.74, 6) is 1.20. The molecule has 1 spiro atoms. The van der Waals surface area contributed by atoms with Crippen molar-refractivity contribution in [3.05, 3.63) is 64.2 Å². The molecule has 12 heteroatoms. The van der Waals surface area contributed by atoms with Crippen LogP contribution in [0.5, 0.6) is 0 Å². The Morgan fingerprint density at radius 3 is 2.47 bits per heavy atom. The number of pyridine rings is 1. The molecule has 43 heavy (non-hydrogen) atoms. The van der Waals surface area contributed by atoms with E-state index in [0.29, 0.717) is 37.0 Å². The predicted molar refractivity (Wildman–Crippen MR) is 154 cm³/mol. The fourth-order valence-corrected chi connectivity index (χ4v) is 7.44. The first kappa shape index (κ1) is 28.3. The lowest BCUT2D eigenvalue weighted by Gasteiger charge is -2.59. The van der Waals surface area contributed by atoms with Crippen LogP contribution in [-0.2, 0) is 36.5 Å². The lowest BCUT2D eigenvalue weighted by atomic mass is 9.49. The van der Waals surface area contributed by atoms with Crippen molar-refractivity contribution in [1.29, 1.82) is 0 Å². The van der Waals surface area contributed by atoms with E-state index in [-0.39, 0.29) is 35.2 Å². The van der Waals surface area contributed by atoms with Crippen molar-refractivity contribution in [3.63, 3.8) is 0 Å². The summed E-state index contributed by atoms with van der Waals surface area (Å²) < 4.78 is 50.6. The molecule has 2 aliphatic carbocycles. The van der Waals surface area contributed by atoms with Gasteiger partial charge in [0.15, 0.2) is 0 Å². The number of nitrogens with one attached hydrogen (secondary N) is 2. The minimum absolute atomic E-state index is 0.00876. The maximum absolute atomic E-state index is 14.4. The molecule has 4 aliphatic rings. The molecule has 1 aromatic carbocycles. The van der Waals surface area contributed by atoms with Gasteiger partial charge < -0.3 is 19.9 Å². The van der Waals surface area contributed by atoms with E-state index < -0.39 is 23.1 Å². The normalized spacial score (nSPS) is 21.3. The SMILES string of the molecule is CCNc1cc(C2(c3nncn3C)CC3(COC3)C2)cc(N2Cc3c(cc(CNC4(C)CCC4)cc3C(F)(F)F)C2=O)n1. The van der Waals surface area contributed by atoms with Crippen molar-refractivity contribution < 1.29 is 22.7 Å². The number of rotatable bonds is 8. The first-order valence-electron chi connectivity index (χ1n) is 14.9. The number of ether oxygens (including phenoxy) is 1. The number of carbonyl (C=O) groups is 1. The summed E-state index contributed by atoms with van der Waals surface area (Å²) in [6.07, 6.45) is 1.73. The van der Waals surface area contributed by atoms with Crippen LogP contribution in [0.25, 0.3) is 0 Å². The monoisotopic (exact) mass is 595 g/mol. The molecule has 228 valence electrons. The van der Waals surface area contributed by atoms with Crippen LogP contribution < -0.4 is 15.5 Å². The Morgan fingerprint density at radius 1 is 1.12 bits per heavy atom. The Labute approximate surface area is 248 Å². The van der Waals surface area contributed by atoms with E-state index in [9.17, 15) is 18.0 Å². The summed E-state index contributed by atoms with van der Waals surface area (Å²) in [5.41, 5.74) is 0.168. The number of carbonyl (C=O) groups excluding carboxylic acids is 1. The number of amides is 1. The van der Waals surface area contributed by atoms with Gasteiger partial charge in [0.2, 0.25) is 0 Å². The average Bonchev–Trinajstić information content (AvgIpc) is 3.47. The van der Waals surface area contributed by atoms with Gasteiger partial charge in [0.25, 0.3) is 5.91 Å². The van der Waals surface area contributed by atoms with E-state index in [1.165, 1.54) is 11.0 Å². The average molecular weight is 596 g/mol. The van der Waals surface area contributed by atoms with E-state index in [4.69, 9.17) is 9.72 Å². The molecule has 0 atom stereocenters.